The third kappa shape index (κ3) is 12.3. The van der Waals surface area contributed by atoms with Crippen molar-refractivity contribution in [2.24, 2.45) is 11.8 Å². The van der Waals surface area contributed by atoms with E-state index in [2.05, 4.69) is 16.0 Å². The number of amides is 3. The van der Waals surface area contributed by atoms with Crippen molar-refractivity contribution in [2.75, 3.05) is 27.7 Å². The Morgan fingerprint density at radius 2 is 1.42 bits per heavy atom. The van der Waals surface area contributed by atoms with E-state index in [9.17, 15) is 29.4 Å². The summed E-state index contributed by atoms with van der Waals surface area (Å²) in [6, 6.07) is -2.93. The van der Waals surface area contributed by atoms with Gasteiger partial charge in [0.05, 0.1) is 27.6 Å². The topological polar surface area (TPSA) is 145 Å². The van der Waals surface area contributed by atoms with Gasteiger partial charge in [0, 0.05) is 0 Å². The lowest BCUT2D eigenvalue weighted by atomic mass is 10.00. The van der Waals surface area contributed by atoms with E-state index < -0.39 is 47.9 Å². The molecule has 0 aliphatic rings. The maximum absolute atomic E-state index is 12.6. The summed E-state index contributed by atoms with van der Waals surface area (Å²) in [5.41, 5.74) is 0. The van der Waals surface area contributed by atoms with Crippen molar-refractivity contribution in [3.05, 3.63) is 0 Å². The van der Waals surface area contributed by atoms with Gasteiger partial charge in [-0.15, -0.1) is 0 Å². The standard InChI is InChI=1S/C21H40N4O6/c1-12(2)9-16(21(30)31)23-20(29)18(13(3)4)24-19(28)14(5)22-17(27)10-15(26)11-25(6,7)8/h12-16,18,26H,9-11H2,1-8H3,(H3-,22,23,24,27,28,29,30,31)/p+1/t14-,15?,16-,18-/m0/s1. The van der Waals surface area contributed by atoms with Crippen LogP contribution >= 0.6 is 0 Å². The quantitative estimate of drug-likeness (QED) is 0.246. The molecule has 0 bridgehead atoms. The molecule has 10 heteroatoms. The van der Waals surface area contributed by atoms with Gasteiger partial charge in [0.25, 0.3) is 0 Å². The van der Waals surface area contributed by atoms with Gasteiger partial charge in [-0.25, -0.2) is 4.79 Å². The van der Waals surface area contributed by atoms with E-state index in [1.807, 2.05) is 35.0 Å². The van der Waals surface area contributed by atoms with Crippen molar-refractivity contribution in [2.45, 2.75) is 71.7 Å². The minimum Gasteiger partial charge on any atom is -0.480 e. The largest absolute Gasteiger partial charge is 0.480 e. The number of hydrogen-bond acceptors (Lipinski definition) is 5. The molecule has 0 aliphatic heterocycles. The highest BCUT2D eigenvalue weighted by Crippen LogP contribution is 2.08. The number of aliphatic hydroxyl groups excluding tert-OH is 1. The number of carbonyl (C=O) groups is 4. The lowest BCUT2D eigenvalue weighted by molar-refractivity contribution is -0.873. The maximum Gasteiger partial charge on any atom is 0.326 e. The molecule has 0 fully saturated rings. The zero-order valence-corrected chi connectivity index (χ0v) is 20.1. The fourth-order valence-corrected chi connectivity index (χ4v) is 3.04. The van der Waals surface area contributed by atoms with Gasteiger partial charge in [-0.05, 0) is 25.2 Å². The number of nitrogens with one attached hydrogen (secondary N) is 3. The SMILES string of the molecule is CC(C)C[C@H](NC(=O)[C@@H](NC(=O)[C@H](C)NC(=O)CC(O)C[N+](C)(C)C)C(C)C)C(=O)O. The average Bonchev–Trinajstić information content (AvgIpc) is 2.55. The maximum atomic E-state index is 12.6. The predicted octanol–water partition coefficient (Wildman–Crippen LogP) is -0.295. The van der Waals surface area contributed by atoms with E-state index in [0.29, 0.717) is 11.0 Å². The molecule has 0 spiro atoms. The molecule has 0 aliphatic carbocycles. The van der Waals surface area contributed by atoms with Crippen LogP contribution in [0, 0.1) is 11.8 Å². The molecule has 0 aromatic rings. The van der Waals surface area contributed by atoms with E-state index in [1.54, 1.807) is 13.8 Å². The highest BCUT2D eigenvalue weighted by atomic mass is 16.4. The number of rotatable bonds is 13. The molecule has 10 nitrogen and oxygen atoms in total. The Bertz CT molecular complexity index is 630. The normalized spacial score (nSPS) is 15.7. The van der Waals surface area contributed by atoms with Gasteiger partial charge >= 0.3 is 5.97 Å². The molecule has 0 saturated heterocycles. The van der Waals surface area contributed by atoms with E-state index >= 15 is 0 Å². The lowest BCUT2D eigenvalue weighted by Crippen LogP contribution is -2.57. The highest BCUT2D eigenvalue weighted by Gasteiger charge is 2.30. The number of aliphatic hydroxyl groups is 1. The molecule has 0 heterocycles. The van der Waals surface area contributed by atoms with E-state index in [4.69, 9.17) is 0 Å². The first-order valence-corrected chi connectivity index (χ1v) is 10.6. The van der Waals surface area contributed by atoms with E-state index in [1.165, 1.54) is 6.92 Å². The molecular formula is C21H41N4O6+. The van der Waals surface area contributed by atoms with Gasteiger partial charge in [-0.3, -0.25) is 14.4 Å². The molecule has 0 rings (SSSR count). The summed E-state index contributed by atoms with van der Waals surface area (Å²) in [6.07, 6.45) is -0.725. The zero-order chi connectivity index (χ0) is 24.5. The predicted molar refractivity (Wildman–Crippen MR) is 117 cm³/mol. The minimum atomic E-state index is -1.14. The molecule has 180 valence electrons. The second kappa shape index (κ2) is 12.6. The lowest BCUT2D eigenvalue weighted by Gasteiger charge is -2.27. The van der Waals surface area contributed by atoms with Crippen LogP contribution in [0.4, 0.5) is 0 Å². The first kappa shape index (κ1) is 28.8. The Balaban J connectivity index is 4.94. The van der Waals surface area contributed by atoms with Gasteiger partial charge < -0.3 is 30.6 Å². The van der Waals surface area contributed by atoms with Gasteiger partial charge in [0.15, 0.2) is 0 Å². The molecule has 1 unspecified atom stereocenters. The van der Waals surface area contributed by atoms with Crippen LogP contribution in [0.3, 0.4) is 0 Å². The molecule has 4 atom stereocenters. The van der Waals surface area contributed by atoms with Crippen molar-refractivity contribution in [3.63, 3.8) is 0 Å². The minimum absolute atomic E-state index is 0.0659. The number of carboxylic acid groups (broad SMARTS) is 1. The molecule has 0 saturated carbocycles. The summed E-state index contributed by atoms with van der Waals surface area (Å²) in [6.45, 7) is 9.02. The number of carbonyl (C=O) groups excluding carboxylic acids is 3. The summed E-state index contributed by atoms with van der Waals surface area (Å²) >= 11 is 0. The smallest absolute Gasteiger partial charge is 0.326 e. The van der Waals surface area contributed by atoms with E-state index in [-0.39, 0.29) is 24.7 Å². The number of hydrogen-bond donors (Lipinski definition) is 5. The molecule has 5 N–H and O–H groups in total. The van der Waals surface area contributed by atoms with Gasteiger partial charge in [0.2, 0.25) is 17.7 Å². The van der Waals surface area contributed by atoms with Crippen molar-refractivity contribution >= 4 is 23.7 Å². The van der Waals surface area contributed by atoms with Crippen LogP contribution in [0.1, 0.15) is 47.5 Å². The van der Waals surface area contributed by atoms with Crippen LogP contribution in [-0.4, -0.2) is 90.3 Å². The molecule has 3 amide bonds. The summed E-state index contributed by atoms with van der Waals surface area (Å²) < 4.78 is 0.490. The van der Waals surface area contributed by atoms with Crippen LogP contribution in [0.5, 0.6) is 0 Å². The van der Waals surface area contributed by atoms with Gasteiger partial charge in [0.1, 0.15) is 30.8 Å². The molecule has 0 radical (unpaired) electrons. The molecule has 31 heavy (non-hydrogen) atoms. The number of aliphatic carboxylic acids is 1. The van der Waals surface area contributed by atoms with Crippen LogP contribution in [-0.2, 0) is 19.2 Å². The summed E-state index contributed by atoms with van der Waals surface area (Å²) in [4.78, 5) is 48.7. The van der Waals surface area contributed by atoms with Crippen molar-refractivity contribution in [1.29, 1.82) is 0 Å². The first-order chi connectivity index (χ1) is 14.0. The molecule has 0 aromatic carbocycles. The Hall–Kier alpha value is -2.20. The highest BCUT2D eigenvalue weighted by molar-refractivity contribution is 5.93. The van der Waals surface area contributed by atoms with Crippen molar-refractivity contribution < 1.29 is 33.9 Å². The fraction of sp³-hybridized carbons (Fsp3) is 0.810. The van der Waals surface area contributed by atoms with Crippen LogP contribution in [0.2, 0.25) is 0 Å². The number of quaternary nitrogens is 1. The third-order valence-electron chi connectivity index (χ3n) is 4.52. The van der Waals surface area contributed by atoms with Crippen molar-refractivity contribution in [3.8, 4) is 0 Å². The van der Waals surface area contributed by atoms with Crippen LogP contribution < -0.4 is 16.0 Å². The monoisotopic (exact) mass is 445 g/mol. The Morgan fingerprint density at radius 1 is 0.871 bits per heavy atom. The van der Waals surface area contributed by atoms with Crippen LogP contribution in [0.25, 0.3) is 0 Å². The summed E-state index contributed by atoms with van der Waals surface area (Å²) in [5, 5.41) is 26.9. The van der Waals surface area contributed by atoms with Crippen molar-refractivity contribution in [1.82, 2.24) is 16.0 Å². The Kier molecular flexibility index (Phi) is 11.7. The number of likely N-dealkylation sites (N-methyl/N-ethyl adjacent to an activating group) is 1. The first-order valence-electron chi connectivity index (χ1n) is 10.6. The zero-order valence-electron chi connectivity index (χ0n) is 20.1. The second-order valence-corrected chi connectivity index (χ2v) is 9.88. The van der Waals surface area contributed by atoms with E-state index in [0.717, 1.165) is 0 Å². The molecular weight excluding hydrogens is 404 g/mol. The van der Waals surface area contributed by atoms with Crippen LogP contribution in [0.15, 0.2) is 0 Å². The average molecular weight is 446 g/mol. The second-order valence-electron chi connectivity index (χ2n) is 9.88. The Labute approximate surface area is 185 Å². The summed E-state index contributed by atoms with van der Waals surface area (Å²) in [7, 11) is 5.68. The number of carboxylic acids is 1. The molecule has 0 aromatic heterocycles. The fourth-order valence-electron chi connectivity index (χ4n) is 3.04. The van der Waals surface area contributed by atoms with Gasteiger partial charge in [-0.2, -0.15) is 0 Å². The number of nitrogens with zero attached hydrogens (tertiary/aromatic N) is 1. The Morgan fingerprint density at radius 3 is 1.84 bits per heavy atom. The third-order valence-corrected chi connectivity index (χ3v) is 4.52. The van der Waals surface area contributed by atoms with Gasteiger partial charge in [-0.1, -0.05) is 27.7 Å². The summed E-state index contributed by atoms with van der Waals surface area (Å²) in [5.74, 6) is -3.00.